The second-order valence-electron chi connectivity index (χ2n) is 6.01. The first-order chi connectivity index (χ1) is 11.7. The number of benzene rings is 1. The SMILES string of the molecule is Cn1ccnc1N1CCN(C(=O)c2ccc3ccccc3n2)CC1. The summed E-state index contributed by atoms with van der Waals surface area (Å²) in [6.07, 6.45) is 3.73. The molecule has 0 atom stereocenters. The van der Waals surface area contributed by atoms with Crippen LogP contribution in [0.25, 0.3) is 10.9 Å². The van der Waals surface area contributed by atoms with Gasteiger partial charge in [0, 0.05) is 51.0 Å². The van der Waals surface area contributed by atoms with Crippen molar-refractivity contribution in [3.8, 4) is 0 Å². The first kappa shape index (κ1) is 14.7. The molecular weight excluding hydrogens is 302 g/mol. The largest absolute Gasteiger partial charge is 0.339 e. The van der Waals surface area contributed by atoms with Crippen molar-refractivity contribution >= 4 is 22.8 Å². The fraction of sp³-hybridized carbons (Fsp3) is 0.278. The fourth-order valence-electron chi connectivity index (χ4n) is 3.12. The van der Waals surface area contributed by atoms with Crippen LogP contribution in [0.3, 0.4) is 0 Å². The van der Waals surface area contributed by atoms with E-state index in [-0.39, 0.29) is 5.91 Å². The molecule has 3 aromatic rings. The van der Waals surface area contributed by atoms with Gasteiger partial charge in [0.1, 0.15) is 5.69 Å². The van der Waals surface area contributed by atoms with Crippen LogP contribution in [0.2, 0.25) is 0 Å². The van der Waals surface area contributed by atoms with Crippen LogP contribution in [0.15, 0.2) is 48.8 Å². The third-order valence-electron chi connectivity index (χ3n) is 4.46. The van der Waals surface area contributed by atoms with Crippen molar-refractivity contribution in [3.05, 3.63) is 54.5 Å². The van der Waals surface area contributed by atoms with E-state index in [4.69, 9.17) is 0 Å². The molecule has 4 rings (SSSR count). The number of pyridine rings is 1. The molecule has 0 spiro atoms. The topological polar surface area (TPSA) is 54.3 Å². The Kier molecular flexibility index (Phi) is 3.65. The number of carbonyl (C=O) groups is 1. The van der Waals surface area contributed by atoms with E-state index in [2.05, 4.69) is 14.9 Å². The van der Waals surface area contributed by atoms with E-state index in [0.717, 1.165) is 29.9 Å². The molecule has 6 nitrogen and oxygen atoms in total. The number of nitrogens with zero attached hydrogens (tertiary/aromatic N) is 5. The number of amides is 1. The lowest BCUT2D eigenvalue weighted by molar-refractivity contribution is 0.0740. The molecule has 2 aromatic heterocycles. The molecule has 0 aliphatic carbocycles. The van der Waals surface area contributed by atoms with Crippen LogP contribution in [0, 0.1) is 0 Å². The molecule has 0 bridgehead atoms. The Morgan fingerprint density at radius 1 is 1.04 bits per heavy atom. The van der Waals surface area contributed by atoms with Crippen molar-refractivity contribution in [1.82, 2.24) is 19.4 Å². The van der Waals surface area contributed by atoms with Crippen molar-refractivity contribution < 1.29 is 4.79 Å². The Bertz CT molecular complexity index is 880. The summed E-state index contributed by atoms with van der Waals surface area (Å²) in [7, 11) is 1.98. The monoisotopic (exact) mass is 321 g/mol. The van der Waals surface area contributed by atoms with Crippen molar-refractivity contribution in [2.75, 3.05) is 31.1 Å². The zero-order valence-electron chi connectivity index (χ0n) is 13.6. The Morgan fingerprint density at radius 3 is 2.58 bits per heavy atom. The highest BCUT2D eigenvalue weighted by Gasteiger charge is 2.24. The van der Waals surface area contributed by atoms with Crippen molar-refractivity contribution in [2.45, 2.75) is 0 Å². The van der Waals surface area contributed by atoms with Crippen molar-refractivity contribution in [1.29, 1.82) is 0 Å². The normalized spacial score (nSPS) is 15.0. The zero-order chi connectivity index (χ0) is 16.5. The number of anilines is 1. The van der Waals surface area contributed by atoms with Crippen LogP contribution in [0.5, 0.6) is 0 Å². The van der Waals surface area contributed by atoms with Gasteiger partial charge in [-0.2, -0.15) is 0 Å². The molecule has 1 amide bonds. The highest BCUT2D eigenvalue weighted by molar-refractivity contribution is 5.95. The van der Waals surface area contributed by atoms with Gasteiger partial charge in [0.25, 0.3) is 5.91 Å². The Hall–Kier alpha value is -2.89. The Balaban J connectivity index is 1.48. The zero-order valence-corrected chi connectivity index (χ0v) is 13.6. The van der Waals surface area contributed by atoms with Gasteiger partial charge in [-0.1, -0.05) is 24.3 Å². The summed E-state index contributed by atoms with van der Waals surface area (Å²) in [5.74, 6) is 0.950. The summed E-state index contributed by atoms with van der Waals surface area (Å²) in [6.45, 7) is 2.93. The number of rotatable bonds is 2. The number of piperazine rings is 1. The van der Waals surface area contributed by atoms with Crippen LogP contribution in [0.1, 0.15) is 10.5 Å². The Labute approximate surface area is 140 Å². The second kappa shape index (κ2) is 5.96. The van der Waals surface area contributed by atoms with Gasteiger partial charge in [-0.25, -0.2) is 9.97 Å². The Morgan fingerprint density at radius 2 is 1.83 bits per heavy atom. The number of carbonyl (C=O) groups excluding carboxylic acids is 1. The maximum absolute atomic E-state index is 12.7. The summed E-state index contributed by atoms with van der Waals surface area (Å²) in [4.78, 5) is 25.7. The van der Waals surface area contributed by atoms with Crippen LogP contribution in [-0.4, -0.2) is 51.5 Å². The van der Waals surface area contributed by atoms with Gasteiger partial charge in [0.15, 0.2) is 0 Å². The number of aryl methyl sites for hydroxylation is 1. The number of fused-ring (bicyclic) bond motifs is 1. The maximum atomic E-state index is 12.7. The highest BCUT2D eigenvalue weighted by atomic mass is 16.2. The molecule has 0 unspecified atom stereocenters. The first-order valence-electron chi connectivity index (χ1n) is 8.10. The van der Waals surface area contributed by atoms with E-state index >= 15 is 0 Å². The molecular formula is C18H19N5O. The second-order valence-corrected chi connectivity index (χ2v) is 6.01. The van der Waals surface area contributed by atoms with Crippen LogP contribution < -0.4 is 4.90 Å². The van der Waals surface area contributed by atoms with Gasteiger partial charge in [-0.3, -0.25) is 4.79 Å². The lowest BCUT2D eigenvalue weighted by Gasteiger charge is -2.35. The van der Waals surface area contributed by atoms with Crippen LogP contribution in [0.4, 0.5) is 5.95 Å². The molecule has 1 aliphatic rings. The lowest BCUT2D eigenvalue weighted by Crippen LogP contribution is -2.49. The number of hydrogen-bond acceptors (Lipinski definition) is 4. The van der Waals surface area contributed by atoms with Gasteiger partial charge in [0.2, 0.25) is 5.95 Å². The van der Waals surface area contributed by atoms with E-state index in [1.54, 1.807) is 6.20 Å². The lowest BCUT2D eigenvalue weighted by atomic mass is 10.2. The standard InChI is InChI=1S/C18H19N5O/c1-21-9-8-19-18(21)23-12-10-22(11-13-23)17(24)16-7-6-14-4-2-3-5-15(14)20-16/h2-9H,10-13H2,1H3. The quantitative estimate of drug-likeness (QED) is 0.724. The molecule has 1 aromatic carbocycles. The smallest absolute Gasteiger partial charge is 0.272 e. The molecule has 0 N–H and O–H groups in total. The maximum Gasteiger partial charge on any atom is 0.272 e. The van der Waals surface area contributed by atoms with Gasteiger partial charge >= 0.3 is 0 Å². The number of aromatic nitrogens is 3. The molecule has 0 radical (unpaired) electrons. The molecule has 1 fully saturated rings. The summed E-state index contributed by atoms with van der Waals surface area (Å²) < 4.78 is 2.00. The van der Waals surface area contributed by atoms with Crippen LogP contribution >= 0.6 is 0 Å². The third-order valence-corrected chi connectivity index (χ3v) is 4.46. The molecule has 1 aliphatic heterocycles. The van der Waals surface area contributed by atoms with E-state index in [9.17, 15) is 4.79 Å². The average Bonchev–Trinajstić information content (AvgIpc) is 3.07. The first-order valence-corrected chi connectivity index (χ1v) is 8.10. The molecule has 0 saturated carbocycles. The van der Waals surface area contributed by atoms with Crippen molar-refractivity contribution in [3.63, 3.8) is 0 Å². The van der Waals surface area contributed by atoms with E-state index < -0.39 is 0 Å². The van der Waals surface area contributed by atoms with E-state index in [0.29, 0.717) is 18.8 Å². The minimum Gasteiger partial charge on any atom is -0.339 e. The average molecular weight is 321 g/mol. The van der Waals surface area contributed by atoms with E-state index in [1.807, 2.05) is 59.1 Å². The van der Waals surface area contributed by atoms with Crippen LogP contribution in [-0.2, 0) is 7.05 Å². The highest BCUT2D eigenvalue weighted by Crippen LogP contribution is 2.16. The minimum absolute atomic E-state index is 0.000225. The number of hydrogen-bond donors (Lipinski definition) is 0. The third kappa shape index (κ3) is 2.60. The predicted octanol–water partition coefficient (Wildman–Crippen LogP) is 1.93. The molecule has 122 valence electrons. The molecule has 1 saturated heterocycles. The van der Waals surface area contributed by atoms with Gasteiger partial charge < -0.3 is 14.4 Å². The summed E-state index contributed by atoms with van der Waals surface area (Å²) in [5, 5.41) is 1.05. The van der Waals surface area contributed by atoms with Gasteiger partial charge in [0.05, 0.1) is 5.52 Å². The fourth-order valence-corrected chi connectivity index (χ4v) is 3.12. The molecule has 3 heterocycles. The van der Waals surface area contributed by atoms with E-state index in [1.165, 1.54) is 0 Å². The molecule has 6 heteroatoms. The predicted molar refractivity (Wildman–Crippen MR) is 93.1 cm³/mol. The number of imidazole rings is 1. The molecule has 24 heavy (non-hydrogen) atoms. The summed E-state index contributed by atoms with van der Waals surface area (Å²) in [6, 6.07) is 11.6. The minimum atomic E-state index is 0.000225. The summed E-state index contributed by atoms with van der Waals surface area (Å²) >= 11 is 0. The van der Waals surface area contributed by atoms with Gasteiger partial charge in [-0.15, -0.1) is 0 Å². The van der Waals surface area contributed by atoms with Gasteiger partial charge in [-0.05, 0) is 12.1 Å². The van der Waals surface area contributed by atoms with Crippen molar-refractivity contribution in [2.24, 2.45) is 7.05 Å². The number of para-hydroxylation sites is 1. The summed E-state index contributed by atoms with van der Waals surface area (Å²) in [5.41, 5.74) is 1.37.